The molecule has 5 aromatic rings. The van der Waals surface area contributed by atoms with Crippen molar-refractivity contribution in [1.82, 2.24) is 24.9 Å². The summed E-state index contributed by atoms with van der Waals surface area (Å²) in [4.78, 5) is 34.1. The Morgan fingerprint density at radius 1 is 1.11 bits per heavy atom. The Labute approximate surface area is 209 Å². The number of ether oxygens (including phenoxy) is 1. The normalized spacial score (nSPS) is 11.6. The summed E-state index contributed by atoms with van der Waals surface area (Å²) in [5, 5.41) is 0. The van der Waals surface area contributed by atoms with Crippen LogP contribution in [0.5, 0.6) is 5.75 Å². The van der Waals surface area contributed by atoms with Gasteiger partial charge in [0.2, 0.25) is 0 Å². The van der Waals surface area contributed by atoms with E-state index in [0.717, 1.165) is 11.6 Å². The SMILES string of the molecule is COc1cncc(CN(C)c2cc3nc(-c4cc(C(=O)c5ccccc5C(F)(F)F)c[nH]4)[nH]c3cn2)c1. The first-order chi connectivity index (χ1) is 17.7. The number of methoxy groups -OCH3 is 1. The van der Waals surface area contributed by atoms with E-state index in [1.165, 1.54) is 30.5 Å². The lowest BCUT2D eigenvalue weighted by Crippen LogP contribution is -2.17. The molecule has 0 saturated carbocycles. The van der Waals surface area contributed by atoms with Crippen LogP contribution in [0.4, 0.5) is 19.0 Å². The maximum Gasteiger partial charge on any atom is 0.417 e. The van der Waals surface area contributed by atoms with E-state index in [4.69, 9.17) is 4.74 Å². The van der Waals surface area contributed by atoms with Gasteiger partial charge in [-0.2, -0.15) is 13.2 Å². The summed E-state index contributed by atoms with van der Waals surface area (Å²) in [6.45, 7) is 0.543. The highest BCUT2D eigenvalue weighted by Crippen LogP contribution is 2.33. The average Bonchev–Trinajstić information content (AvgIpc) is 3.55. The summed E-state index contributed by atoms with van der Waals surface area (Å²) in [6, 6.07) is 9.91. The molecule has 37 heavy (non-hydrogen) atoms. The summed E-state index contributed by atoms with van der Waals surface area (Å²) >= 11 is 0. The fourth-order valence-electron chi connectivity index (χ4n) is 4.00. The largest absolute Gasteiger partial charge is 0.495 e. The number of nitrogens with zero attached hydrogens (tertiary/aromatic N) is 4. The number of carbonyl (C=O) groups excluding carboxylic acids is 1. The van der Waals surface area contributed by atoms with Crippen molar-refractivity contribution >= 4 is 22.6 Å². The van der Waals surface area contributed by atoms with Gasteiger partial charge in [0, 0.05) is 43.2 Å². The van der Waals surface area contributed by atoms with Gasteiger partial charge >= 0.3 is 6.18 Å². The number of ketones is 1. The number of imidazole rings is 1. The molecule has 0 bridgehead atoms. The Morgan fingerprint density at radius 3 is 2.70 bits per heavy atom. The van der Waals surface area contributed by atoms with E-state index in [1.54, 1.807) is 25.7 Å². The van der Waals surface area contributed by atoms with Crippen LogP contribution in [0.2, 0.25) is 0 Å². The second-order valence-corrected chi connectivity index (χ2v) is 8.41. The van der Waals surface area contributed by atoms with Gasteiger partial charge in [-0.1, -0.05) is 18.2 Å². The molecule has 2 N–H and O–H groups in total. The van der Waals surface area contributed by atoms with Crippen LogP contribution in [-0.4, -0.2) is 44.9 Å². The first-order valence-electron chi connectivity index (χ1n) is 11.2. The summed E-state index contributed by atoms with van der Waals surface area (Å²) in [5.74, 6) is 1.04. The number of halogens is 3. The number of rotatable bonds is 7. The van der Waals surface area contributed by atoms with Crippen molar-refractivity contribution in [2.24, 2.45) is 0 Å². The summed E-state index contributed by atoms with van der Waals surface area (Å²) in [6.07, 6.45) is 1.77. The molecule has 4 aromatic heterocycles. The van der Waals surface area contributed by atoms with Gasteiger partial charge in [0.1, 0.15) is 11.6 Å². The molecule has 0 unspecified atom stereocenters. The quantitative estimate of drug-likeness (QED) is 0.293. The third-order valence-corrected chi connectivity index (χ3v) is 5.85. The molecule has 11 heteroatoms. The molecule has 0 aliphatic heterocycles. The van der Waals surface area contributed by atoms with Crippen LogP contribution >= 0.6 is 0 Å². The summed E-state index contributed by atoms with van der Waals surface area (Å²) < 4.78 is 45.3. The maximum absolute atomic E-state index is 13.4. The molecule has 0 amide bonds. The Kier molecular flexibility index (Phi) is 6.12. The smallest absolute Gasteiger partial charge is 0.417 e. The van der Waals surface area contributed by atoms with Crippen LogP contribution in [0.25, 0.3) is 22.6 Å². The van der Waals surface area contributed by atoms with Gasteiger partial charge in [-0.15, -0.1) is 0 Å². The number of hydrogen-bond acceptors (Lipinski definition) is 6. The number of benzene rings is 1. The van der Waals surface area contributed by atoms with Crippen LogP contribution < -0.4 is 9.64 Å². The molecule has 0 atom stereocenters. The molecule has 0 fully saturated rings. The van der Waals surface area contributed by atoms with Gasteiger partial charge in [-0.25, -0.2) is 9.97 Å². The van der Waals surface area contributed by atoms with Crippen LogP contribution in [0, 0.1) is 0 Å². The predicted molar refractivity (Wildman–Crippen MR) is 131 cm³/mol. The van der Waals surface area contributed by atoms with E-state index in [1.807, 2.05) is 24.1 Å². The lowest BCUT2D eigenvalue weighted by molar-refractivity contribution is -0.137. The Morgan fingerprint density at radius 2 is 1.92 bits per heavy atom. The molecule has 0 saturated heterocycles. The number of fused-ring (bicyclic) bond motifs is 1. The molecule has 1 aromatic carbocycles. The van der Waals surface area contributed by atoms with Gasteiger partial charge in [0.15, 0.2) is 11.6 Å². The van der Waals surface area contributed by atoms with Crippen molar-refractivity contribution in [3.05, 3.63) is 89.5 Å². The average molecular weight is 506 g/mol. The van der Waals surface area contributed by atoms with E-state index in [0.29, 0.717) is 40.7 Å². The number of alkyl halides is 3. The van der Waals surface area contributed by atoms with Crippen LogP contribution in [0.3, 0.4) is 0 Å². The van der Waals surface area contributed by atoms with Gasteiger partial charge in [0.25, 0.3) is 0 Å². The minimum Gasteiger partial charge on any atom is -0.495 e. The van der Waals surface area contributed by atoms with Gasteiger partial charge < -0.3 is 19.6 Å². The number of anilines is 1. The molecule has 0 aliphatic rings. The highest BCUT2D eigenvalue weighted by Gasteiger charge is 2.35. The van der Waals surface area contributed by atoms with E-state index in [-0.39, 0.29) is 5.56 Å². The zero-order valence-electron chi connectivity index (χ0n) is 19.8. The Hall–Kier alpha value is -4.67. The Bertz CT molecular complexity index is 1590. The zero-order chi connectivity index (χ0) is 26.2. The van der Waals surface area contributed by atoms with Crippen molar-refractivity contribution in [3.63, 3.8) is 0 Å². The molecule has 8 nitrogen and oxygen atoms in total. The van der Waals surface area contributed by atoms with Gasteiger partial charge in [-0.3, -0.25) is 9.78 Å². The molecule has 0 spiro atoms. The number of aromatic amines is 2. The van der Waals surface area contributed by atoms with Gasteiger partial charge in [0.05, 0.1) is 41.8 Å². The maximum atomic E-state index is 13.4. The van der Waals surface area contributed by atoms with Crippen molar-refractivity contribution in [2.75, 3.05) is 19.1 Å². The predicted octanol–water partition coefficient (Wildman–Crippen LogP) is 5.24. The molecule has 0 aliphatic carbocycles. The van der Waals surface area contributed by atoms with E-state index < -0.39 is 23.1 Å². The third-order valence-electron chi connectivity index (χ3n) is 5.85. The molecule has 188 valence electrons. The van der Waals surface area contributed by atoms with E-state index in [2.05, 4.69) is 24.9 Å². The number of H-pyrrole nitrogens is 2. The highest BCUT2D eigenvalue weighted by atomic mass is 19.4. The molecular weight excluding hydrogens is 485 g/mol. The van der Waals surface area contributed by atoms with Crippen LogP contribution in [0.1, 0.15) is 27.0 Å². The molecule has 0 radical (unpaired) electrons. The highest BCUT2D eigenvalue weighted by molar-refractivity contribution is 6.10. The second-order valence-electron chi connectivity index (χ2n) is 8.41. The third kappa shape index (κ3) is 4.88. The minimum absolute atomic E-state index is 0.0950. The van der Waals surface area contributed by atoms with Crippen molar-refractivity contribution < 1.29 is 22.7 Å². The number of hydrogen-bond donors (Lipinski definition) is 2. The lowest BCUT2D eigenvalue weighted by Gasteiger charge is -2.18. The molecular formula is C26H21F3N6O2. The monoisotopic (exact) mass is 506 g/mol. The number of aromatic nitrogens is 5. The number of nitrogens with one attached hydrogen (secondary N) is 2. The number of pyridine rings is 2. The van der Waals surface area contributed by atoms with Crippen molar-refractivity contribution in [3.8, 4) is 17.3 Å². The Balaban J connectivity index is 1.39. The first-order valence-corrected chi connectivity index (χ1v) is 11.2. The van der Waals surface area contributed by atoms with Crippen LogP contribution in [0.15, 0.2) is 67.3 Å². The zero-order valence-corrected chi connectivity index (χ0v) is 19.8. The van der Waals surface area contributed by atoms with E-state index in [9.17, 15) is 18.0 Å². The first kappa shape index (κ1) is 24.0. The molecule has 4 heterocycles. The molecule has 5 rings (SSSR count). The second kappa shape index (κ2) is 9.41. The van der Waals surface area contributed by atoms with Crippen LogP contribution in [-0.2, 0) is 12.7 Å². The summed E-state index contributed by atoms with van der Waals surface area (Å²) in [7, 11) is 3.47. The van der Waals surface area contributed by atoms with E-state index >= 15 is 0 Å². The van der Waals surface area contributed by atoms with Gasteiger partial charge in [-0.05, 0) is 23.8 Å². The topological polar surface area (TPSA) is 99.8 Å². The fourth-order valence-corrected chi connectivity index (χ4v) is 4.00. The fraction of sp³-hybridized carbons (Fsp3) is 0.154. The number of carbonyl (C=O) groups is 1. The minimum atomic E-state index is -4.63. The lowest BCUT2D eigenvalue weighted by atomic mass is 9.99. The van der Waals surface area contributed by atoms with Crippen molar-refractivity contribution in [2.45, 2.75) is 12.7 Å². The van der Waals surface area contributed by atoms with Crippen molar-refractivity contribution in [1.29, 1.82) is 0 Å². The summed E-state index contributed by atoms with van der Waals surface area (Å²) in [5.41, 5.74) is 1.42. The standard InChI is InChI=1S/C26H21F3N6O2/c1-35(14-15-7-17(37-2)12-30-10-15)23-9-20-22(13-32-23)34-25(33-20)21-8-16(11-31-21)24(36)18-5-3-4-6-19(18)26(27,28)29/h3-13,31H,14H2,1-2H3,(H,33,34).